The van der Waals surface area contributed by atoms with Crippen LogP contribution in [-0.4, -0.2) is 36.3 Å². The van der Waals surface area contributed by atoms with Gasteiger partial charge in [-0.15, -0.1) is 0 Å². The molecule has 48 valence electrons. The lowest BCUT2D eigenvalue weighted by Crippen LogP contribution is -2.24. The maximum atomic E-state index is 5.16. The van der Waals surface area contributed by atoms with Crippen molar-refractivity contribution in [3.05, 3.63) is 0 Å². The van der Waals surface area contributed by atoms with Gasteiger partial charge in [0.1, 0.15) is 0 Å². The Bertz CT molecular complexity index is 105. The molecule has 0 N–H and O–H groups in total. The van der Waals surface area contributed by atoms with Crippen molar-refractivity contribution >= 4 is 16.5 Å². The molecule has 8 heavy (non-hydrogen) atoms. The van der Waals surface area contributed by atoms with Crippen molar-refractivity contribution in [2.45, 2.75) is 0 Å². The molecular weight excluding hydrogens is 122 g/mol. The van der Waals surface area contributed by atoms with Crippen LogP contribution < -0.4 is 0 Å². The molecule has 0 aromatic heterocycles. The van der Waals surface area contributed by atoms with Gasteiger partial charge in [0.05, 0.1) is 12.5 Å². The molecule has 1 unspecified atom stereocenters. The van der Waals surface area contributed by atoms with Gasteiger partial charge in [-0.3, -0.25) is 4.31 Å². The number of hydrogen-bond donors (Lipinski definition) is 0. The van der Waals surface area contributed by atoms with E-state index in [0.717, 1.165) is 19.1 Å². The SMILES string of the molecule is C=S1COCCN1C. The van der Waals surface area contributed by atoms with Gasteiger partial charge >= 0.3 is 0 Å². The quantitative estimate of drug-likeness (QED) is 0.447. The smallest absolute Gasteiger partial charge is 0.0996 e. The van der Waals surface area contributed by atoms with Gasteiger partial charge in [-0.25, -0.2) is 0 Å². The first-order chi connectivity index (χ1) is 3.80. The Kier molecular flexibility index (Phi) is 2.05. The highest BCUT2D eigenvalue weighted by molar-refractivity contribution is 8.11. The van der Waals surface area contributed by atoms with Crippen LogP contribution in [0.4, 0.5) is 0 Å². The van der Waals surface area contributed by atoms with Crippen molar-refractivity contribution in [1.29, 1.82) is 0 Å². The van der Waals surface area contributed by atoms with Crippen molar-refractivity contribution < 1.29 is 4.74 Å². The van der Waals surface area contributed by atoms with Crippen LogP contribution in [-0.2, 0) is 4.74 Å². The van der Waals surface area contributed by atoms with Crippen molar-refractivity contribution in [2.75, 3.05) is 26.1 Å². The molecule has 0 radical (unpaired) electrons. The average molecular weight is 133 g/mol. The summed E-state index contributed by atoms with van der Waals surface area (Å²) in [5.74, 6) is 4.72. The van der Waals surface area contributed by atoms with E-state index in [2.05, 4.69) is 17.2 Å². The molecule has 1 rings (SSSR count). The Morgan fingerprint density at radius 3 is 2.88 bits per heavy atom. The Morgan fingerprint density at radius 1 is 1.75 bits per heavy atom. The number of hydrogen-bond acceptors (Lipinski definition) is 2. The highest BCUT2D eigenvalue weighted by Crippen LogP contribution is 2.17. The number of rotatable bonds is 0. The van der Waals surface area contributed by atoms with E-state index in [1.807, 2.05) is 0 Å². The second-order valence-electron chi connectivity index (χ2n) is 1.84. The van der Waals surface area contributed by atoms with E-state index in [-0.39, 0.29) is 10.7 Å². The molecular formula is C5H11NOS. The normalized spacial score (nSPS) is 32.9. The fraction of sp³-hybridized carbons (Fsp3) is 0.800. The fourth-order valence-corrected chi connectivity index (χ4v) is 1.39. The number of likely N-dealkylation sites (N-methyl/N-ethyl adjacent to an activating group) is 1. The first-order valence-electron chi connectivity index (χ1n) is 2.60. The molecule has 3 heteroatoms. The maximum Gasteiger partial charge on any atom is 0.0996 e. The first kappa shape index (κ1) is 6.26. The van der Waals surface area contributed by atoms with Crippen LogP contribution >= 0.6 is 10.7 Å². The zero-order valence-corrected chi connectivity index (χ0v) is 5.91. The van der Waals surface area contributed by atoms with Crippen LogP contribution in [0.2, 0.25) is 0 Å². The zero-order valence-electron chi connectivity index (χ0n) is 5.09. The Hall–Kier alpha value is 0.140. The Morgan fingerprint density at radius 2 is 2.50 bits per heavy atom. The molecule has 1 heterocycles. The van der Waals surface area contributed by atoms with Crippen LogP contribution in [0, 0.1) is 0 Å². The summed E-state index contributed by atoms with van der Waals surface area (Å²) < 4.78 is 7.39. The summed E-state index contributed by atoms with van der Waals surface area (Å²) in [4.78, 5) is 0. The van der Waals surface area contributed by atoms with Gasteiger partial charge < -0.3 is 4.74 Å². The van der Waals surface area contributed by atoms with Gasteiger partial charge in [0.15, 0.2) is 0 Å². The van der Waals surface area contributed by atoms with Gasteiger partial charge in [0, 0.05) is 6.54 Å². The summed E-state index contributed by atoms with van der Waals surface area (Å²) in [6, 6.07) is 0. The third-order valence-corrected chi connectivity index (χ3v) is 2.71. The van der Waals surface area contributed by atoms with E-state index in [9.17, 15) is 0 Å². The zero-order chi connectivity index (χ0) is 5.98. The Labute approximate surface area is 52.5 Å². The molecule has 0 saturated carbocycles. The molecule has 1 saturated heterocycles. The van der Waals surface area contributed by atoms with Gasteiger partial charge in [-0.05, 0) is 7.05 Å². The molecule has 0 aromatic carbocycles. The van der Waals surface area contributed by atoms with Crippen molar-refractivity contribution in [2.24, 2.45) is 0 Å². The molecule has 0 aliphatic carbocycles. The van der Waals surface area contributed by atoms with Gasteiger partial charge in [0.2, 0.25) is 0 Å². The standard InChI is InChI=1S/C5H11NOS/c1-6-3-4-7-5-8(6)2/h2-5H2,1H3. The van der Waals surface area contributed by atoms with Crippen molar-refractivity contribution in [1.82, 2.24) is 4.31 Å². The van der Waals surface area contributed by atoms with Crippen molar-refractivity contribution in [3.8, 4) is 0 Å². The summed E-state index contributed by atoms with van der Waals surface area (Å²) in [6.45, 7) is 1.90. The third-order valence-electron chi connectivity index (χ3n) is 1.21. The second kappa shape index (κ2) is 2.62. The summed E-state index contributed by atoms with van der Waals surface area (Å²) >= 11 is 0. The van der Waals surface area contributed by atoms with E-state index in [0.29, 0.717) is 0 Å². The minimum Gasteiger partial charge on any atom is -0.369 e. The molecule has 0 aromatic rings. The lowest BCUT2D eigenvalue weighted by molar-refractivity contribution is 0.154. The molecule has 2 nitrogen and oxygen atoms in total. The first-order valence-corrected chi connectivity index (χ1v) is 4.12. The molecule has 0 spiro atoms. The second-order valence-corrected chi connectivity index (χ2v) is 3.62. The average Bonchev–Trinajstić information content (AvgIpc) is 1.77. The minimum atomic E-state index is 0.126. The summed E-state index contributed by atoms with van der Waals surface area (Å²) in [7, 11) is 2.21. The fourth-order valence-electron chi connectivity index (χ4n) is 0.567. The highest BCUT2D eigenvalue weighted by atomic mass is 32.2. The summed E-state index contributed by atoms with van der Waals surface area (Å²) in [5.41, 5.74) is 0. The van der Waals surface area contributed by atoms with Crippen LogP contribution in [0.1, 0.15) is 0 Å². The molecule has 0 amide bonds. The van der Waals surface area contributed by atoms with Crippen molar-refractivity contribution in [3.63, 3.8) is 0 Å². The summed E-state index contributed by atoms with van der Waals surface area (Å²) in [6.07, 6.45) is 0. The maximum absolute atomic E-state index is 5.16. The van der Waals surface area contributed by atoms with Gasteiger partial charge in [-0.1, -0.05) is 16.5 Å². The predicted molar refractivity (Wildman–Crippen MR) is 38.2 cm³/mol. The van der Waals surface area contributed by atoms with E-state index < -0.39 is 0 Å². The largest absolute Gasteiger partial charge is 0.369 e. The lowest BCUT2D eigenvalue weighted by Gasteiger charge is -2.25. The van der Waals surface area contributed by atoms with E-state index >= 15 is 0 Å². The van der Waals surface area contributed by atoms with E-state index in [4.69, 9.17) is 4.74 Å². The Balaban J connectivity index is 2.39. The monoisotopic (exact) mass is 133 g/mol. The summed E-state index contributed by atoms with van der Waals surface area (Å²) in [5, 5.41) is 0. The van der Waals surface area contributed by atoms with Gasteiger partial charge in [-0.2, -0.15) is 0 Å². The van der Waals surface area contributed by atoms with Gasteiger partial charge in [0.25, 0.3) is 0 Å². The van der Waals surface area contributed by atoms with E-state index in [1.54, 1.807) is 0 Å². The molecule has 1 atom stereocenters. The predicted octanol–water partition coefficient (Wildman–Crippen LogP) is 0.522. The van der Waals surface area contributed by atoms with Crippen LogP contribution in [0.3, 0.4) is 0 Å². The third kappa shape index (κ3) is 1.31. The number of nitrogens with zero attached hydrogens (tertiary/aromatic N) is 1. The molecule has 0 bridgehead atoms. The number of ether oxygens (including phenoxy) is 1. The van der Waals surface area contributed by atoms with Crippen LogP contribution in [0.15, 0.2) is 0 Å². The van der Waals surface area contributed by atoms with Crippen LogP contribution in [0.25, 0.3) is 0 Å². The van der Waals surface area contributed by atoms with Crippen LogP contribution in [0.5, 0.6) is 0 Å². The molecule has 1 aliphatic heterocycles. The molecule has 1 aliphatic rings. The highest BCUT2D eigenvalue weighted by Gasteiger charge is 2.06. The lowest BCUT2D eigenvalue weighted by atomic mass is 10.7. The minimum absolute atomic E-state index is 0.126. The molecule has 1 fully saturated rings. The van der Waals surface area contributed by atoms with E-state index in [1.165, 1.54) is 0 Å². The topological polar surface area (TPSA) is 12.5 Å².